The Balaban J connectivity index is 1.53. The van der Waals surface area contributed by atoms with Gasteiger partial charge in [-0.15, -0.1) is 0 Å². The molecular formula is C26H19N5O2. The summed E-state index contributed by atoms with van der Waals surface area (Å²) in [4.78, 5) is 41.2. The van der Waals surface area contributed by atoms with Crippen molar-refractivity contribution in [3.63, 3.8) is 0 Å². The number of anilines is 1. The molecule has 160 valence electrons. The van der Waals surface area contributed by atoms with Crippen LogP contribution in [0, 0.1) is 6.92 Å². The number of carbonyl (C=O) groups excluding carboxylic acids is 1. The Morgan fingerprint density at radius 1 is 0.909 bits per heavy atom. The number of H-pyrrole nitrogens is 1. The molecule has 0 radical (unpaired) electrons. The second-order valence-electron chi connectivity index (χ2n) is 7.58. The van der Waals surface area contributed by atoms with Crippen LogP contribution in [-0.4, -0.2) is 25.8 Å². The Hall–Kier alpha value is -4.65. The van der Waals surface area contributed by atoms with Crippen LogP contribution in [0.2, 0.25) is 0 Å². The summed E-state index contributed by atoms with van der Waals surface area (Å²) in [5, 5.41) is 3.72. The van der Waals surface area contributed by atoms with Gasteiger partial charge in [0.1, 0.15) is 5.82 Å². The van der Waals surface area contributed by atoms with Gasteiger partial charge in [-0.3, -0.25) is 14.6 Å². The summed E-state index contributed by atoms with van der Waals surface area (Å²) in [5.41, 5.74) is 4.41. The highest BCUT2D eigenvalue weighted by Gasteiger charge is 2.15. The maximum Gasteiger partial charge on any atom is 0.256 e. The van der Waals surface area contributed by atoms with Crippen molar-refractivity contribution in [2.45, 2.75) is 6.92 Å². The van der Waals surface area contributed by atoms with Gasteiger partial charge >= 0.3 is 0 Å². The zero-order valence-corrected chi connectivity index (χ0v) is 17.7. The molecule has 0 aliphatic heterocycles. The zero-order valence-electron chi connectivity index (χ0n) is 17.7. The van der Waals surface area contributed by atoms with E-state index >= 15 is 0 Å². The van der Waals surface area contributed by atoms with Crippen LogP contribution in [0.4, 0.5) is 5.69 Å². The molecule has 33 heavy (non-hydrogen) atoms. The van der Waals surface area contributed by atoms with E-state index in [2.05, 4.69) is 20.3 Å². The van der Waals surface area contributed by atoms with Crippen molar-refractivity contribution in [2.24, 2.45) is 0 Å². The molecule has 3 heterocycles. The second kappa shape index (κ2) is 8.47. The highest BCUT2D eigenvalue weighted by molar-refractivity contribution is 6.13. The summed E-state index contributed by atoms with van der Waals surface area (Å²) in [6.45, 7) is 1.76. The molecule has 0 aliphatic rings. The maximum atomic E-state index is 13.3. The zero-order chi connectivity index (χ0) is 22.8. The van der Waals surface area contributed by atoms with Gasteiger partial charge in [-0.2, -0.15) is 0 Å². The van der Waals surface area contributed by atoms with Gasteiger partial charge in [-0.05, 0) is 43.3 Å². The molecule has 0 bridgehead atoms. The number of nitrogens with zero attached hydrogens (tertiary/aromatic N) is 3. The number of pyridine rings is 2. The molecule has 0 fully saturated rings. The van der Waals surface area contributed by atoms with Crippen LogP contribution < -0.4 is 10.9 Å². The summed E-state index contributed by atoms with van der Waals surface area (Å²) in [7, 11) is 0. The van der Waals surface area contributed by atoms with Crippen LogP contribution >= 0.6 is 0 Å². The monoisotopic (exact) mass is 433 g/mol. The topological polar surface area (TPSA) is 101 Å². The van der Waals surface area contributed by atoms with Gasteiger partial charge in [0.05, 0.1) is 16.8 Å². The average molecular weight is 433 g/mol. The number of aromatic amines is 1. The van der Waals surface area contributed by atoms with Gasteiger partial charge in [-0.1, -0.05) is 30.3 Å². The first kappa shape index (κ1) is 20.3. The Kier molecular flexibility index (Phi) is 5.20. The van der Waals surface area contributed by atoms with E-state index in [0.29, 0.717) is 34.0 Å². The number of nitrogens with one attached hydrogen (secondary N) is 2. The van der Waals surface area contributed by atoms with Crippen LogP contribution in [0.1, 0.15) is 16.1 Å². The Morgan fingerprint density at radius 2 is 1.76 bits per heavy atom. The third kappa shape index (κ3) is 4.24. The van der Waals surface area contributed by atoms with Gasteiger partial charge in [0, 0.05) is 46.4 Å². The molecule has 0 unspecified atom stereocenters. The molecule has 1 amide bonds. The summed E-state index contributed by atoms with van der Waals surface area (Å²) in [5.74, 6) is 0.186. The molecule has 0 spiro atoms. The second-order valence-corrected chi connectivity index (χ2v) is 7.58. The molecule has 0 saturated carbocycles. The van der Waals surface area contributed by atoms with Gasteiger partial charge in [-0.25, -0.2) is 9.97 Å². The number of hydrogen-bond acceptors (Lipinski definition) is 5. The van der Waals surface area contributed by atoms with Crippen molar-refractivity contribution in [2.75, 3.05) is 5.32 Å². The Bertz CT molecular complexity index is 1540. The van der Waals surface area contributed by atoms with Crippen LogP contribution in [0.25, 0.3) is 33.5 Å². The fourth-order valence-electron chi connectivity index (χ4n) is 3.68. The number of rotatable bonds is 4. The van der Waals surface area contributed by atoms with Crippen molar-refractivity contribution in [3.05, 3.63) is 107 Å². The molecule has 2 N–H and O–H groups in total. The van der Waals surface area contributed by atoms with E-state index < -0.39 is 0 Å². The number of carbonyl (C=O) groups is 1. The molecule has 7 heteroatoms. The number of fused-ring (bicyclic) bond motifs is 1. The summed E-state index contributed by atoms with van der Waals surface area (Å²) < 4.78 is 0. The predicted molar refractivity (Wildman–Crippen MR) is 128 cm³/mol. The SMILES string of the molecule is Cc1cc(=O)[nH]c(-c2cccc(NC(=O)c3cc(-c4cccnc4)nc4ccccc34)c2)n1. The minimum atomic E-state index is -0.262. The van der Waals surface area contributed by atoms with Crippen molar-refractivity contribution in [1.82, 2.24) is 19.9 Å². The van der Waals surface area contributed by atoms with E-state index in [-0.39, 0.29) is 11.5 Å². The standard InChI is InChI=1S/C26H19N5O2/c1-16-12-24(32)31-25(28-16)17-6-4-8-19(13-17)29-26(33)21-14-23(18-7-5-11-27-15-18)30-22-10-3-2-9-20(21)22/h2-15H,1H3,(H,29,33)(H,28,31,32). The third-order valence-corrected chi connectivity index (χ3v) is 5.18. The quantitative estimate of drug-likeness (QED) is 0.431. The lowest BCUT2D eigenvalue weighted by Gasteiger charge is -2.11. The first-order valence-electron chi connectivity index (χ1n) is 10.4. The highest BCUT2D eigenvalue weighted by Crippen LogP contribution is 2.26. The Labute approximate surface area is 189 Å². The fourth-order valence-corrected chi connectivity index (χ4v) is 3.68. The summed E-state index contributed by atoms with van der Waals surface area (Å²) >= 11 is 0. The van der Waals surface area contributed by atoms with Crippen LogP contribution in [0.3, 0.4) is 0 Å². The smallest absolute Gasteiger partial charge is 0.256 e. The molecule has 7 nitrogen and oxygen atoms in total. The Morgan fingerprint density at radius 3 is 2.58 bits per heavy atom. The minimum absolute atomic E-state index is 0.224. The minimum Gasteiger partial charge on any atom is -0.322 e. The molecule has 0 atom stereocenters. The first-order valence-corrected chi connectivity index (χ1v) is 10.4. The van der Waals surface area contributed by atoms with E-state index in [9.17, 15) is 9.59 Å². The summed E-state index contributed by atoms with van der Waals surface area (Å²) in [6, 6.07) is 21.7. The van der Waals surface area contributed by atoms with Crippen molar-refractivity contribution in [1.29, 1.82) is 0 Å². The largest absolute Gasteiger partial charge is 0.322 e. The third-order valence-electron chi connectivity index (χ3n) is 5.18. The molecular weight excluding hydrogens is 414 g/mol. The fraction of sp³-hybridized carbons (Fsp3) is 0.0385. The molecule has 5 rings (SSSR count). The normalized spacial score (nSPS) is 10.8. The molecule has 3 aromatic heterocycles. The van der Waals surface area contributed by atoms with E-state index in [1.165, 1.54) is 6.07 Å². The molecule has 5 aromatic rings. The average Bonchev–Trinajstić information content (AvgIpc) is 2.83. The summed E-state index contributed by atoms with van der Waals surface area (Å²) in [6.07, 6.45) is 3.42. The van der Waals surface area contributed by atoms with Crippen molar-refractivity contribution >= 4 is 22.5 Å². The lowest BCUT2D eigenvalue weighted by Crippen LogP contribution is -2.13. The van der Waals surface area contributed by atoms with Crippen LogP contribution in [0.5, 0.6) is 0 Å². The van der Waals surface area contributed by atoms with Crippen molar-refractivity contribution in [3.8, 4) is 22.6 Å². The van der Waals surface area contributed by atoms with Gasteiger partial charge in [0.2, 0.25) is 0 Å². The first-order chi connectivity index (χ1) is 16.1. The lowest BCUT2D eigenvalue weighted by molar-refractivity contribution is 0.102. The lowest BCUT2D eigenvalue weighted by atomic mass is 10.0. The number of aryl methyl sites for hydroxylation is 1. The van der Waals surface area contributed by atoms with E-state index in [4.69, 9.17) is 4.98 Å². The number of hydrogen-bond donors (Lipinski definition) is 2. The van der Waals surface area contributed by atoms with Crippen LogP contribution in [-0.2, 0) is 0 Å². The molecule has 0 aliphatic carbocycles. The molecule has 2 aromatic carbocycles. The predicted octanol–water partition coefficient (Wildman–Crippen LogP) is 4.61. The van der Waals surface area contributed by atoms with E-state index in [1.54, 1.807) is 43.6 Å². The maximum absolute atomic E-state index is 13.3. The van der Waals surface area contributed by atoms with Gasteiger partial charge in [0.25, 0.3) is 11.5 Å². The highest BCUT2D eigenvalue weighted by atomic mass is 16.1. The van der Waals surface area contributed by atoms with Crippen LogP contribution in [0.15, 0.2) is 90.0 Å². The molecule has 0 saturated heterocycles. The van der Waals surface area contributed by atoms with Gasteiger partial charge < -0.3 is 10.3 Å². The number of aromatic nitrogens is 4. The van der Waals surface area contributed by atoms with Crippen molar-refractivity contribution < 1.29 is 4.79 Å². The van der Waals surface area contributed by atoms with E-state index in [0.717, 1.165) is 16.5 Å². The van der Waals surface area contributed by atoms with Gasteiger partial charge in [0.15, 0.2) is 0 Å². The number of benzene rings is 2. The number of para-hydroxylation sites is 1. The number of amides is 1. The van der Waals surface area contributed by atoms with E-state index in [1.807, 2.05) is 42.5 Å².